The summed E-state index contributed by atoms with van der Waals surface area (Å²) in [6.07, 6.45) is 0. The van der Waals surface area contributed by atoms with Crippen LogP contribution in [0.2, 0.25) is 0 Å². The smallest absolute Gasteiger partial charge is 0.255 e. The molecule has 0 spiro atoms. The maximum Gasteiger partial charge on any atom is 0.255 e. The highest BCUT2D eigenvalue weighted by molar-refractivity contribution is 6.06. The topological polar surface area (TPSA) is 73.9 Å². The third-order valence-electron chi connectivity index (χ3n) is 6.98. The molecule has 3 aromatic carbocycles. The first kappa shape index (κ1) is 28.0. The van der Waals surface area contributed by atoms with Gasteiger partial charge in [-0.15, -0.1) is 0 Å². The lowest BCUT2D eigenvalue weighted by Gasteiger charge is -2.38. The summed E-state index contributed by atoms with van der Waals surface area (Å²) in [7, 11) is 1.69. The van der Waals surface area contributed by atoms with E-state index < -0.39 is 0 Å². The molecule has 206 valence electrons. The van der Waals surface area contributed by atoms with E-state index in [2.05, 4.69) is 47.3 Å². The lowest BCUT2D eigenvalue weighted by atomic mass is 9.87. The molecule has 0 saturated carbocycles. The number of carbonyl (C=O) groups is 2. The largest absolute Gasteiger partial charge is 0.495 e. The molecule has 2 amide bonds. The second kappa shape index (κ2) is 11.8. The van der Waals surface area contributed by atoms with Crippen molar-refractivity contribution >= 4 is 28.9 Å². The predicted molar refractivity (Wildman–Crippen MR) is 160 cm³/mol. The quantitative estimate of drug-likeness (QED) is 0.411. The summed E-state index contributed by atoms with van der Waals surface area (Å²) >= 11 is 0. The molecular weight excluding hydrogens is 488 g/mol. The molecule has 0 aromatic heterocycles. The van der Waals surface area contributed by atoms with Crippen LogP contribution in [-0.4, -0.2) is 51.1 Å². The molecule has 7 heteroatoms. The molecule has 39 heavy (non-hydrogen) atoms. The van der Waals surface area contributed by atoms with Crippen LogP contribution in [0.1, 0.15) is 60.9 Å². The maximum absolute atomic E-state index is 13.2. The van der Waals surface area contributed by atoms with Crippen molar-refractivity contribution in [2.24, 2.45) is 0 Å². The standard InChI is InChI=1S/C32H40N4O3/c1-22(2)33-31(38)26-21-25(34-30(37)23-11-13-24(14-12-23)32(3,4)5)15-16-27(26)35-17-19-36(20-18-35)28-9-7-8-10-29(28)39-6/h7-16,21-22H,17-20H2,1-6H3,(H,33,38)(H,34,37). The highest BCUT2D eigenvalue weighted by Crippen LogP contribution is 2.31. The fraction of sp³-hybridized carbons (Fsp3) is 0.375. The Hall–Kier alpha value is -4.00. The summed E-state index contributed by atoms with van der Waals surface area (Å²) in [5.74, 6) is 0.498. The third-order valence-corrected chi connectivity index (χ3v) is 6.98. The SMILES string of the molecule is COc1ccccc1N1CCN(c2ccc(NC(=O)c3ccc(C(C)(C)C)cc3)cc2C(=O)NC(C)C)CC1. The molecule has 2 N–H and O–H groups in total. The number of nitrogens with zero attached hydrogens (tertiary/aromatic N) is 2. The molecule has 7 nitrogen and oxygen atoms in total. The Kier molecular flexibility index (Phi) is 8.48. The van der Waals surface area contributed by atoms with E-state index in [0.717, 1.165) is 43.3 Å². The highest BCUT2D eigenvalue weighted by Gasteiger charge is 2.24. The van der Waals surface area contributed by atoms with Crippen LogP contribution in [-0.2, 0) is 5.41 Å². The zero-order valence-corrected chi connectivity index (χ0v) is 23.9. The Morgan fingerprint density at radius 2 is 1.44 bits per heavy atom. The van der Waals surface area contributed by atoms with Crippen molar-refractivity contribution in [3.63, 3.8) is 0 Å². The van der Waals surface area contributed by atoms with Crippen LogP contribution in [0.4, 0.5) is 17.1 Å². The highest BCUT2D eigenvalue weighted by atomic mass is 16.5. The summed E-state index contributed by atoms with van der Waals surface area (Å²) in [6, 6.07) is 21.3. The first-order chi connectivity index (χ1) is 18.6. The molecule has 1 aliphatic rings. The van der Waals surface area contributed by atoms with Crippen molar-refractivity contribution in [1.82, 2.24) is 5.32 Å². The van der Waals surface area contributed by atoms with E-state index in [0.29, 0.717) is 16.8 Å². The van der Waals surface area contributed by atoms with E-state index in [1.807, 2.05) is 68.4 Å². The Morgan fingerprint density at radius 1 is 0.821 bits per heavy atom. The van der Waals surface area contributed by atoms with Crippen LogP contribution >= 0.6 is 0 Å². The minimum absolute atomic E-state index is 0.00711. The van der Waals surface area contributed by atoms with Gasteiger partial charge in [0.25, 0.3) is 11.8 Å². The Labute approximate surface area is 232 Å². The average molecular weight is 529 g/mol. The Morgan fingerprint density at radius 3 is 2.03 bits per heavy atom. The zero-order valence-electron chi connectivity index (χ0n) is 23.9. The van der Waals surface area contributed by atoms with E-state index >= 15 is 0 Å². The number of methoxy groups -OCH3 is 1. The predicted octanol–water partition coefficient (Wildman–Crippen LogP) is 5.71. The summed E-state index contributed by atoms with van der Waals surface area (Å²) in [5.41, 5.74) is 4.84. The maximum atomic E-state index is 13.2. The number of hydrogen-bond acceptors (Lipinski definition) is 5. The molecule has 1 heterocycles. The van der Waals surface area contributed by atoms with Gasteiger partial charge in [-0.05, 0) is 67.3 Å². The van der Waals surface area contributed by atoms with Crippen LogP contribution in [0, 0.1) is 0 Å². The molecule has 0 aliphatic carbocycles. The number of anilines is 3. The van der Waals surface area contributed by atoms with E-state index in [1.54, 1.807) is 13.2 Å². The average Bonchev–Trinajstić information content (AvgIpc) is 2.92. The number of hydrogen-bond donors (Lipinski definition) is 2. The van der Waals surface area contributed by atoms with Crippen molar-refractivity contribution in [3.8, 4) is 5.75 Å². The van der Waals surface area contributed by atoms with Gasteiger partial charge in [0.15, 0.2) is 0 Å². The number of ether oxygens (including phenoxy) is 1. The lowest BCUT2D eigenvalue weighted by molar-refractivity contribution is 0.0942. The number of amides is 2. The van der Waals surface area contributed by atoms with Crippen molar-refractivity contribution in [2.75, 3.05) is 48.4 Å². The van der Waals surface area contributed by atoms with Crippen LogP contribution in [0.3, 0.4) is 0 Å². The van der Waals surface area contributed by atoms with Gasteiger partial charge >= 0.3 is 0 Å². The van der Waals surface area contributed by atoms with E-state index in [1.165, 1.54) is 5.56 Å². The number of piperazine rings is 1. The summed E-state index contributed by atoms with van der Waals surface area (Å²) in [6.45, 7) is 13.4. The molecule has 0 unspecified atom stereocenters. The van der Waals surface area contributed by atoms with Gasteiger partial charge < -0.3 is 25.2 Å². The fourth-order valence-electron chi connectivity index (χ4n) is 4.82. The van der Waals surface area contributed by atoms with Crippen LogP contribution in [0.5, 0.6) is 5.75 Å². The van der Waals surface area contributed by atoms with Crippen molar-refractivity contribution in [3.05, 3.63) is 83.4 Å². The summed E-state index contributed by atoms with van der Waals surface area (Å²) < 4.78 is 5.55. The van der Waals surface area contributed by atoms with E-state index in [4.69, 9.17) is 4.74 Å². The molecule has 1 aliphatic heterocycles. The summed E-state index contributed by atoms with van der Waals surface area (Å²) in [5, 5.41) is 5.99. The normalized spacial score (nSPS) is 13.8. The second-order valence-corrected chi connectivity index (χ2v) is 11.3. The van der Waals surface area contributed by atoms with E-state index in [-0.39, 0.29) is 23.3 Å². The van der Waals surface area contributed by atoms with E-state index in [9.17, 15) is 9.59 Å². The van der Waals surface area contributed by atoms with Gasteiger partial charge in [-0.2, -0.15) is 0 Å². The number of benzene rings is 3. The number of carbonyl (C=O) groups excluding carboxylic acids is 2. The monoisotopic (exact) mass is 528 g/mol. The van der Waals surface area contributed by atoms with Crippen LogP contribution in [0.15, 0.2) is 66.7 Å². The third kappa shape index (κ3) is 6.72. The Balaban J connectivity index is 1.53. The van der Waals surface area contributed by atoms with Gasteiger partial charge in [0.05, 0.1) is 18.4 Å². The minimum atomic E-state index is -0.205. The van der Waals surface area contributed by atoms with Gasteiger partial charge in [-0.1, -0.05) is 45.0 Å². The first-order valence-electron chi connectivity index (χ1n) is 13.6. The summed E-state index contributed by atoms with van der Waals surface area (Å²) in [4.78, 5) is 30.8. The first-order valence-corrected chi connectivity index (χ1v) is 13.6. The fourth-order valence-corrected chi connectivity index (χ4v) is 4.82. The number of nitrogens with one attached hydrogen (secondary N) is 2. The molecule has 1 fully saturated rings. The van der Waals surface area contributed by atoms with Crippen molar-refractivity contribution in [1.29, 1.82) is 0 Å². The zero-order chi connectivity index (χ0) is 28.2. The second-order valence-electron chi connectivity index (χ2n) is 11.3. The molecule has 4 rings (SSSR count). The van der Waals surface area contributed by atoms with Crippen LogP contribution in [0.25, 0.3) is 0 Å². The lowest BCUT2D eigenvalue weighted by Crippen LogP contribution is -2.47. The minimum Gasteiger partial charge on any atom is -0.495 e. The van der Waals surface area contributed by atoms with Crippen LogP contribution < -0.4 is 25.2 Å². The van der Waals surface area contributed by atoms with Gasteiger partial charge in [-0.3, -0.25) is 9.59 Å². The number of para-hydroxylation sites is 2. The molecule has 0 atom stereocenters. The molecule has 0 radical (unpaired) electrons. The van der Waals surface area contributed by atoms with Gasteiger partial charge in [-0.25, -0.2) is 0 Å². The molecular formula is C32H40N4O3. The Bertz CT molecular complexity index is 1300. The van der Waals surface area contributed by atoms with Gasteiger partial charge in [0.1, 0.15) is 5.75 Å². The molecule has 1 saturated heterocycles. The molecule has 3 aromatic rings. The number of rotatable bonds is 7. The van der Waals surface area contributed by atoms with Gasteiger partial charge in [0.2, 0.25) is 0 Å². The van der Waals surface area contributed by atoms with Crippen molar-refractivity contribution < 1.29 is 14.3 Å². The van der Waals surface area contributed by atoms with Gasteiger partial charge in [0, 0.05) is 49.2 Å². The van der Waals surface area contributed by atoms with Crippen molar-refractivity contribution in [2.45, 2.75) is 46.1 Å². The molecule has 0 bridgehead atoms.